The molecule has 2 rings (SSSR count). The number of nitro groups is 1. The maximum absolute atomic E-state index is 12.4. The van der Waals surface area contributed by atoms with Crippen molar-refractivity contribution in [3.8, 4) is 0 Å². The minimum Gasteiger partial charge on any atom is -0.452 e. The lowest BCUT2D eigenvalue weighted by molar-refractivity contribution is -0.384. The fourth-order valence-corrected chi connectivity index (χ4v) is 2.77. The lowest BCUT2D eigenvalue weighted by Gasteiger charge is -2.12. The predicted molar refractivity (Wildman–Crippen MR) is 112 cm³/mol. The fourth-order valence-electron chi connectivity index (χ4n) is 2.56. The molecule has 0 aliphatic heterocycles. The summed E-state index contributed by atoms with van der Waals surface area (Å²) in [7, 11) is 1.53. The molecule has 1 amide bonds. The molecule has 9 nitrogen and oxygen atoms in total. The number of methoxy groups -OCH3 is 1. The van der Waals surface area contributed by atoms with Crippen LogP contribution >= 0.6 is 11.6 Å². The van der Waals surface area contributed by atoms with Gasteiger partial charge in [-0.3, -0.25) is 14.9 Å². The Bertz CT molecular complexity index is 906. The van der Waals surface area contributed by atoms with Crippen LogP contribution in [0.3, 0.4) is 0 Å². The smallest absolute Gasteiger partial charge is 0.341 e. The fraction of sp³-hybridized carbons (Fsp3) is 0.300. The molecule has 0 spiro atoms. The number of benzene rings is 2. The predicted octanol–water partition coefficient (Wildman–Crippen LogP) is 2.82. The SMILES string of the molecule is COCCNc1ccc([N+](=O)[O-])cc1C(=O)OCC(=O)NCCc1cccc(Cl)c1. The number of anilines is 1. The van der Waals surface area contributed by atoms with Gasteiger partial charge >= 0.3 is 5.97 Å². The van der Waals surface area contributed by atoms with Gasteiger partial charge in [-0.25, -0.2) is 4.79 Å². The number of rotatable bonds is 11. The first-order valence-electron chi connectivity index (χ1n) is 9.10. The molecule has 0 fully saturated rings. The second-order valence-electron chi connectivity index (χ2n) is 6.21. The van der Waals surface area contributed by atoms with E-state index in [4.69, 9.17) is 21.1 Å². The van der Waals surface area contributed by atoms with Crippen molar-refractivity contribution < 1.29 is 24.0 Å². The molecule has 2 N–H and O–H groups in total. The van der Waals surface area contributed by atoms with Gasteiger partial charge in [0.1, 0.15) is 0 Å². The van der Waals surface area contributed by atoms with E-state index >= 15 is 0 Å². The number of halogens is 1. The number of esters is 1. The van der Waals surface area contributed by atoms with Gasteiger partial charge in [-0.05, 0) is 30.2 Å². The molecule has 160 valence electrons. The van der Waals surface area contributed by atoms with Crippen LogP contribution in [-0.4, -0.2) is 50.2 Å². The molecule has 0 aliphatic carbocycles. The van der Waals surface area contributed by atoms with Gasteiger partial charge in [-0.2, -0.15) is 0 Å². The zero-order valence-electron chi connectivity index (χ0n) is 16.4. The zero-order chi connectivity index (χ0) is 21.9. The molecular weight excluding hydrogens is 414 g/mol. The summed E-state index contributed by atoms with van der Waals surface area (Å²) < 4.78 is 9.96. The van der Waals surface area contributed by atoms with E-state index in [1.807, 2.05) is 12.1 Å². The van der Waals surface area contributed by atoms with E-state index < -0.39 is 23.4 Å². The number of nitrogens with zero attached hydrogens (tertiary/aromatic N) is 1. The molecule has 0 aromatic heterocycles. The number of carbonyl (C=O) groups excluding carboxylic acids is 2. The zero-order valence-corrected chi connectivity index (χ0v) is 17.1. The third-order valence-corrected chi connectivity index (χ3v) is 4.25. The monoisotopic (exact) mass is 435 g/mol. The summed E-state index contributed by atoms with van der Waals surface area (Å²) in [5.74, 6) is -1.33. The van der Waals surface area contributed by atoms with Crippen LogP contribution in [0.15, 0.2) is 42.5 Å². The molecular formula is C20H22ClN3O6. The topological polar surface area (TPSA) is 120 Å². The number of nitrogens with one attached hydrogen (secondary N) is 2. The third-order valence-electron chi connectivity index (χ3n) is 4.01. The second-order valence-corrected chi connectivity index (χ2v) is 6.65. The number of hydrogen-bond acceptors (Lipinski definition) is 7. The number of non-ortho nitro benzene ring substituents is 1. The molecule has 0 heterocycles. The lowest BCUT2D eigenvalue weighted by atomic mass is 10.1. The van der Waals surface area contributed by atoms with Crippen LogP contribution in [-0.2, 0) is 20.7 Å². The summed E-state index contributed by atoms with van der Waals surface area (Å²) in [5, 5.41) is 17.2. The summed E-state index contributed by atoms with van der Waals surface area (Å²) >= 11 is 5.91. The highest BCUT2D eigenvalue weighted by Crippen LogP contribution is 2.23. The van der Waals surface area contributed by atoms with E-state index in [-0.39, 0.29) is 11.3 Å². The van der Waals surface area contributed by atoms with Crippen molar-refractivity contribution in [2.75, 3.05) is 38.7 Å². The van der Waals surface area contributed by atoms with Crippen molar-refractivity contribution in [1.29, 1.82) is 0 Å². The first kappa shape index (κ1) is 23.1. The molecule has 0 unspecified atom stereocenters. The lowest BCUT2D eigenvalue weighted by Crippen LogP contribution is -2.30. The Morgan fingerprint density at radius 1 is 1.17 bits per heavy atom. The second kappa shape index (κ2) is 11.7. The van der Waals surface area contributed by atoms with Crippen LogP contribution in [0.25, 0.3) is 0 Å². The van der Waals surface area contributed by atoms with Crippen LogP contribution in [0.4, 0.5) is 11.4 Å². The molecule has 0 radical (unpaired) electrons. The molecule has 0 aliphatic rings. The average Bonchev–Trinajstić information content (AvgIpc) is 2.72. The maximum Gasteiger partial charge on any atom is 0.341 e. The first-order valence-corrected chi connectivity index (χ1v) is 9.48. The van der Waals surface area contributed by atoms with Crippen LogP contribution in [0.1, 0.15) is 15.9 Å². The highest BCUT2D eigenvalue weighted by Gasteiger charge is 2.19. The average molecular weight is 436 g/mol. The molecule has 0 atom stereocenters. The van der Waals surface area contributed by atoms with Gasteiger partial charge in [0.15, 0.2) is 6.61 Å². The standard InChI is InChI=1S/C20H22ClN3O6/c1-29-10-9-22-18-6-5-16(24(27)28)12-17(18)20(26)30-13-19(25)23-8-7-14-3-2-4-15(21)11-14/h2-6,11-12,22H,7-10,13H2,1H3,(H,23,25). The molecule has 0 saturated heterocycles. The molecule has 10 heteroatoms. The number of ether oxygens (including phenoxy) is 2. The number of carbonyl (C=O) groups is 2. The third kappa shape index (κ3) is 7.34. The molecule has 0 saturated carbocycles. The molecule has 0 bridgehead atoms. The van der Waals surface area contributed by atoms with Gasteiger partial charge in [0.25, 0.3) is 11.6 Å². The first-order chi connectivity index (χ1) is 14.4. The minimum absolute atomic E-state index is 0.0352. The highest BCUT2D eigenvalue weighted by molar-refractivity contribution is 6.30. The van der Waals surface area contributed by atoms with Gasteiger partial charge in [-0.1, -0.05) is 23.7 Å². The highest BCUT2D eigenvalue weighted by atomic mass is 35.5. The van der Waals surface area contributed by atoms with Crippen molar-refractivity contribution in [2.24, 2.45) is 0 Å². The number of amides is 1. The Labute approximate surface area is 178 Å². The van der Waals surface area contributed by atoms with Crippen molar-refractivity contribution in [2.45, 2.75) is 6.42 Å². The number of nitro benzene ring substituents is 1. The molecule has 30 heavy (non-hydrogen) atoms. The molecule has 2 aromatic rings. The van der Waals surface area contributed by atoms with Gasteiger partial charge in [-0.15, -0.1) is 0 Å². The summed E-state index contributed by atoms with van der Waals surface area (Å²) in [5.41, 5.74) is 1.02. The Hall–Kier alpha value is -3.17. The largest absolute Gasteiger partial charge is 0.452 e. The summed E-state index contributed by atoms with van der Waals surface area (Å²) in [6, 6.07) is 11.1. The van der Waals surface area contributed by atoms with Crippen molar-refractivity contribution in [3.05, 3.63) is 68.7 Å². The van der Waals surface area contributed by atoms with Crippen LogP contribution < -0.4 is 10.6 Å². The van der Waals surface area contributed by atoms with Gasteiger partial charge in [0, 0.05) is 43.0 Å². The van der Waals surface area contributed by atoms with E-state index in [1.165, 1.54) is 19.2 Å². The van der Waals surface area contributed by atoms with Crippen LogP contribution in [0, 0.1) is 10.1 Å². The van der Waals surface area contributed by atoms with Gasteiger partial charge < -0.3 is 20.1 Å². The van der Waals surface area contributed by atoms with Crippen molar-refractivity contribution >= 4 is 34.9 Å². The Kier molecular flexibility index (Phi) is 9.04. The maximum atomic E-state index is 12.4. The van der Waals surface area contributed by atoms with Gasteiger partial charge in [0.2, 0.25) is 0 Å². The Morgan fingerprint density at radius 3 is 2.67 bits per heavy atom. The normalized spacial score (nSPS) is 10.3. The van der Waals surface area contributed by atoms with Crippen LogP contribution in [0.5, 0.6) is 0 Å². The van der Waals surface area contributed by atoms with E-state index in [1.54, 1.807) is 12.1 Å². The van der Waals surface area contributed by atoms with Gasteiger partial charge in [0.05, 0.1) is 17.1 Å². The Morgan fingerprint density at radius 2 is 1.97 bits per heavy atom. The molecule has 2 aromatic carbocycles. The Balaban J connectivity index is 1.91. The van der Waals surface area contributed by atoms with Crippen molar-refractivity contribution in [1.82, 2.24) is 5.32 Å². The van der Waals surface area contributed by atoms with E-state index in [9.17, 15) is 19.7 Å². The summed E-state index contributed by atoms with van der Waals surface area (Å²) in [4.78, 5) is 34.7. The van der Waals surface area contributed by atoms with E-state index in [0.29, 0.717) is 36.8 Å². The van der Waals surface area contributed by atoms with E-state index in [0.717, 1.165) is 11.6 Å². The summed E-state index contributed by atoms with van der Waals surface area (Å²) in [6.45, 7) is 0.602. The summed E-state index contributed by atoms with van der Waals surface area (Å²) in [6.07, 6.45) is 0.568. The quantitative estimate of drug-likeness (QED) is 0.241. The van der Waals surface area contributed by atoms with Crippen molar-refractivity contribution in [3.63, 3.8) is 0 Å². The minimum atomic E-state index is -0.844. The van der Waals surface area contributed by atoms with Crippen LogP contribution in [0.2, 0.25) is 5.02 Å². The van der Waals surface area contributed by atoms with E-state index in [2.05, 4.69) is 10.6 Å². The number of hydrogen-bond donors (Lipinski definition) is 2.